The highest BCUT2D eigenvalue weighted by atomic mass is 32.2. The lowest BCUT2D eigenvalue weighted by Crippen LogP contribution is -2.23. The molecule has 0 radical (unpaired) electrons. The van der Waals surface area contributed by atoms with E-state index in [0.717, 1.165) is 23.2 Å². The summed E-state index contributed by atoms with van der Waals surface area (Å²) in [4.78, 5) is 29.6. The summed E-state index contributed by atoms with van der Waals surface area (Å²) >= 11 is 2.71. The van der Waals surface area contributed by atoms with Crippen molar-refractivity contribution in [2.75, 3.05) is 11.1 Å². The summed E-state index contributed by atoms with van der Waals surface area (Å²) in [6.07, 6.45) is 0.834. The molecule has 0 aliphatic rings. The molecule has 0 fully saturated rings. The van der Waals surface area contributed by atoms with Gasteiger partial charge in [-0.25, -0.2) is 4.98 Å². The average molecular weight is 388 g/mol. The number of carbonyl (C=O) groups is 1. The highest BCUT2D eigenvalue weighted by Gasteiger charge is 2.14. The van der Waals surface area contributed by atoms with Gasteiger partial charge in [-0.05, 0) is 43.3 Å². The lowest BCUT2D eigenvalue weighted by atomic mass is 10.1. The third kappa shape index (κ3) is 3.99. The molecule has 7 heteroatoms. The number of hydrogen-bond donors (Lipinski definition) is 1. The number of fused-ring (bicyclic) bond motifs is 1. The van der Waals surface area contributed by atoms with E-state index in [1.807, 2.05) is 50.4 Å². The van der Waals surface area contributed by atoms with Crippen LogP contribution in [0.1, 0.15) is 24.5 Å². The first-order valence-electron chi connectivity index (χ1n) is 8.47. The van der Waals surface area contributed by atoms with E-state index in [2.05, 4.69) is 10.3 Å². The fraction of sp³-hybridized carbons (Fsp3) is 0.316. The summed E-state index contributed by atoms with van der Waals surface area (Å²) in [6, 6.07) is 7.77. The Morgan fingerprint density at radius 3 is 2.85 bits per heavy atom. The minimum Gasteiger partial charge on any atom is -0.325 e. The maximum absolute atomic E-state index is 12.6. The molecule has 1 N–H and O–H groups in total. The van der Waals surface area contributed by atoms with Crippen LogP contribution < -0.4 is 10.9 Å². The van der Waals surface area contributed by atoms with E-state index in [1.54, 1.807) is 4.57 Å². The number of amides is 1. The van der Waals surface area contributed by atoms with Crippen LogP contribution in [0, 0.1) is 13.8 Å². The summed E-state index contributed by atoms with van der Waals surface area (Å²) in [5.41, 5.74) is 3.68. The van der Waals surface area contributed by atoms with Gasteiger partial charge < -0.3 is 5.32 Å². The summed E-state index contributed by atoms with van der Waals surface area (Å²) in [5, 5.41) is 5.40. The second-order valence-corrected chi connectivity index (χ2v) is 8.00. The van der Waals surface area contributed by atoms with Crippen molar-refractivity contribution in [2.45, 2.75) is 38.9 Å². The van der Waals surface area contributed by atoms with Gasteiger partial charge in [-0.1, -0.05) is 36.4 Å². The minimum atomic E-state index is -0.107. The number of carbonyl (C=O) groups excluding carboxylic acids is 1. The van der Waals surface area contributed by atoms with Crippen molar-refractivity contribution in [3.8, 4) is 0 Å². The molecule has 0 unspecified atom stereocenters. The molecule has 0 bridgehead atoms. The van der Waals surface area contributed by atoms with Gasteiger partial charge in [0.1, 0.15) is 4.70 Å². The maximum Gasteiger partial charge on any atom is 0.272 e. The zero-order chi connectivity index (χ0) is 18.7. The van der Waals surface area contributed by atoms with Crippen molar-refractivity contribution in [1.29, 1.82) is 0 Å². The first-order valence-corrected chi connectivity index (χ1v) is 10.3. The van der Waals surface area contributed by atoms with Gasteiger partial charge in [0.15, 0.2) is 5.16 Å². The van der Waals surface area contributed by atoms with Crippen LogP contribution in [0.2, 0.25) is 0 Å². The van der Waals surface area contributed by atoms with Crippen LogP contribution in [0.3, 0.4) is 0 Å². The quantitative estimate of drug-likeness (QED) is 0.508. The predicted molar refractivity (Wildman–Crippen MR) is 109 cm³/mol. The minimum absolute atomic E-state index is 0.0239. The molecule has 1 amide bonds. The number of nitrogens with one attached hydrogen (secondary N) is 1. The summed E-state index contributed by atoms with van der Waals surface area (Å²) < 4.78 is 2.34. The Morgan fingerprint density at radius 1 is 1.31 bits per heavy atom. The van der Waals surface area contributed by atoms with E-state index in [1.165, 1.54) is 23.1 Å². The molecule has 0 aliphatic heterocycles. The number of rotatable bonds is 6. The van der Waals surface area contributed by atoms with Crippen molar-refractivity contribution >= 4 is 44.9 Å². The molecule has 0 atom stereocenters. The Balaban J connectivity index is 1.77. The predicted octanol–water partition coefficient (Wildman–Crippen LogP) is 4.22. The molecule has 0 saturated carbocycles. The number of thioether (sulfide) groups is 1. The molecule has 0 aliphatic carbocycles. The molecule has 136 valence electrons. The fourth-order valence-corrected chi connectivity index (χ4v) is 4.33. The molecule has 0 saturated heterocycles. The molecule has 3 rings (SSSR count). The van der Waals surface area contributed by atoms with Crippen molar-refractivity contribution in [1.82, 2.24) is 9.55 Å². The summed E-state index contributed by atoms with van der Waals surface area (Å²) in [7, 11) is 0. The van der Waals surface area contributed by atoms with E-state index in [9.17, 15) is 9.59 Å². The molecular weight excluding hydrogens is 366 g/mol. The molecule has 1 aromatic carbocycles. The van der Waals surface area contributed by atoms with Crippen molar-refractivity contribution < 1.29 is 4.79 Å². The number of nitrogens with zero attached hydrogens (tertiary/aromatic N) is 2. The molecule has 3 aromatic rings. The lowest BCUT2D eigenvalue weighted by molar-refractivity contribution is -0.113. The fourth-order valence-electron chi connectivity index (χ4n) is 2.72. The van der Waals surface area contributed by atoms with Gasteiger partial charge in [-0.3, -0.25) is 14.2 Å². The largest absolute Gasteiger partial charge is 0.325 e. The van der Waals surface area contributed by atoms with Crippen LogP contribution >= 0.6 is 23.1 Å². The van der Waals surface area contributed by atoms with Crippen molar-refractivity contribution in [2.24, 2.45) is 0 Å². The highest BCUT2D eigenvalue weighted by Crippen LogP contribution is 2.22. The maximum atomic E-state index is 12.6. The van der Waals surface area contributed by atoms with Crippen LogP contribution in [0.15, 0.2) is 39.6 Å². The van der Waals surface area contributed by atoms with Crippen LogP contribution in [0.4, 0.5) is 5.69 Å². The van der Waals surface area contributed by atoms with Gasteiger partial charge in [0, 0.05) is 12.2 Å². The number of aromatic nitrogens is 2. The van der Waals surface area contributed by atoms with Gasteiger partial charge in [0.25, 0.3) is 5.56 Å². The standard InChI is InChI=1S/C19H21N3O2S2/c1-4-8-22-18(24)17-15(7-9-25-17)21-19(22)26-11-16(23)20-14-6-5-12(2)10-13(14)3/h5-7,9-10H,4,8,11H2,1-3H3,(H,20,23). The van der Waals surface area contributed by atoms with E-state index < -0.39 is 0 Å². The molecular formula is C19H21N3O2S2. The van der Waals surface area contributed by atoms with Gasteiger partial charge in [0.05, 0.1) is 11.3 Å². The number of anilines is 1. The topological polar surface area (TPSA) is 64.0 Å². The van der Waals surface area contributed by atoms with E-state index in [4.69, 9.17) is 0 Å². The first kappa shape index (κ1) is 18.7. The smallest absolute Gasteiger partial charge is 0.272 e. The summed E-state index contributed by atoms with van der Waals surface area (Å²) in [6.45, 7) is 6.61. The number of hydrogen-bond acceptors (Lipinski definition) is 5. The Morgan fingerprint density at radius 2 is 2.12 bits per heavy atom. The zero-order valence-electron chi connectivity index (χ0n) is 15.0. The van der Waals surface area contributed by atoms with Gasteiger partial charge >= 0.3 is 0 Å². The van der Waals surface area contributed by atoms with Crippen LogP contribution in [0.5, 0.6) is 0 Å². The zero-order valence-corrected chi connectivity index (χ0v) is 16.7. The van der Waals surface area contributed by atoms with Crippen LogP contribution in [0.25, 0.3) is 10.2 Å². The molecule has 0 spiro atoms. The molecule has 26 heavy (non-hydrogen) atoms. The van der Waals surface area contributed by atoms with E-state index in [-0.39, 0.29) is 17.2 Å². The van der Waals surface area contributed by atoms with Gasteiger partial charge in [0.2, 0.25) is 5.91 Å². The summed E-state index contributed by atoms with van der Waals surface area (Å²) in [5.74, 6) is 0.101. The van der Waals surface area contributed by atoms with E-state index in [0.29, 0.717) is 21.9 Å². The highest BCUT2D eigenvalue weighted by molar-refractivity contribution is 7.99. The second kappa shape index (κ2) is 8.05. The third-order valence-corrected chi connectivity index (χ3v) is 5.83. The van der Waals surface area contributed by atoms with Crippen LogP contribution in [-0.4, -0.2) is 21.2 Å². The average Bonchev–Trinajstić information content (AvgIpc) is 3.07. The Hall–Kier alpha value is -2.12. The number of benzene rings is 1. The second-order valence-electron chi connectivity index (χ2n) is 6.14. The van der Waals surface area contributed by atoms with Gasteiger partial charge in [-0.15, -0.1) is 11.3 Å². The third-order valence-electron chi connectivity index (χ3n) is 3.97. The van der Waals surface area contributed by atoms with Crippen molar-refractivity contribution in [3.05, 3.63) is 51.1 Å². The molecule has 2 aromatic heterocycles. The van der Waals surface area contributed by atoms with Crippen molar-refractivity contribution in [3.63, 3.8) is 0 Å². The Bertz CT molecular complexity index is 1010. The normalized spacial score (nSPS) is 11.0. The molecule has 2 heterocycles. The Labute approximate surface area is 160 Å². The number of aryl methyl sites for hydroxylation is 2. The monoisotopic (exact) mass is 387 g/mol. The lowest BCUT2D eigenvalue weighted by Gasteiger charge is -2.12. The molecule has 5 nitrogen and oxygen atoms in total. The van der Waals surface area contributed by atoms with E-state index >= 15 is 0 Å². The van der Waals surface area contributed by atoms with Crippen LogP contribution in [-0.2, 0) is 11.3 Å². The SMILES string of the molecule is CCCn1c(SCC(=O)Nc2ccc(C)cc2C)nc2ccsc2c1=O. The Kier molecular flexibility index (Phi) is 5.78. The number of thiophene rings is 1. The first-order chi connectivity index (χ1) is 12.5. The van der Waals surface area contributed by atoms with Gasteiger partial charge in [-0.2, -0.15) is 0 Å².